The lowest BCUT2D eigenvalue weighted by atomic mass is 9.77. The zero-order valence-electron chi connectivity index (χ0n) is 8.62. The van der Waals surface area contributed by atoms with Crippen molar-refractivity contribution < 1.29 is 13.9 Å². The summed E-state index contributed by atoms with van der Waals surface area (Å²) >= 11 is 0. The lowest BCUT2D eigenvalue weighted by Crippen LogP contribution is -2.27. The molecule has 0 amide bonds. The summed E-state index contributed by atoms with van der Waals surface area (Å²) in [6.45, 7) is 0. The number of hydrogen-bond acceptors (Lipinski definition) is 2. The molecule has 2 nitrogen and oxygen atoms in total. The predicted molar refractivity (Wildman–Crippen MR) is 59.5 cm³/mol. The molecule has 16 heavy (non-hydrogen) atoms. The van der Waals surface area contributed by atoms with Crippen LogP contribution in [0.4, 0.5) is 8.78 Å². The molecule has 0 spiro atoms. The first-order chi connectivity index (χ1) is 7.09. The van der Waals surface area contributed by atoms with Gasteiger partial charge in [-0.25, -0.2) is 8.78 Å². The molecule has 0 aliphatic heterocycles. The van der Waals surface area contributed by atoms with Gasteiger partial charge in [0.25, 0.3) is 0 Å². The molecule has 1 aromatic carbocycles. The minimum absolute atomic E-state index is 0. The van der Waals surface area contributed by atoms with E-state index in [-0.39, 0.29) is 29.6 Å². The van der Waals surface area contributed by atoms with Gasteiger partial charge in [-0.1, -0.05) is 6.42 Å². The Balaban J connectivity index is 0.00000128. The Labute approximate surface area is 98.9 Å². The minimum atomic E-state index is -0.783. The van der Waals surface area contributed by atoms with E-state index >= 15 is 0 Å². The summed E-state index contributed by atoms with van der Waals surface area (Å²) < 4.78 is 26.1. The number of phenols is 1. The average molecular weight is 250 g/mol. The summed E-state index contributed by atoms with van der Waals surface area (Å²) in [5.74, 6) is -1.72. The molecule has 0 radical (unpaired) electrons. The zero-order valence-corrected chi connectivity index (χ0v) is 9.44. The molecule has 0 aromatic heterocycles. The fourth-order valence-electron chi connectivity index (χ4n) is 1.94. The highest BCUT2D eigenvalue weighted by Gasteiger charge is 2.29. The monoisotopic (exact) mass is 249 g/mol. The number of nitrogens with two attached hydrogens (primary N) is 1. The smallest absolute Gasteiger partial charge is 0.134 e. The van der Waals surface area contributed by atoms with Gasteiger partial charge in [-0.3, -0.25) is 0 Å². The fraction of sp³-hybridized carbons (Fsp3) is 0.455. The van der Waals surface area contributed by atoms with Gasteiger partial charge in [-0.15, -0.1) is 12.4 Å². The van der Waals surface area contributed by atoms with Gasteiger partial charge in [-0.2, -0.15) is 0 Å². The van der Waals surface area contributed by atoms with Crippen molar-refractivity contribution in [3.8, 4) is 5.75 Å². The Kier molecular flexibility index (Phi) is 4.10. The molecule has 1 aliphatic rings. The van der Waals surface area contributed by atoms with Crippen molar-refractivity contribution >= 4 is 12.4 Å². The third kappa shape index (κ3) is 2.28. The van der Waals surface area contributed by atoms with Gasteiger partial charge >= 0.3 is 0 Å². The van der Waals surface area contributed by atoms with Crippen molar-refractivity contribution in [3.63, 3.8) is 0 Å². The normalized spacial score (nSPS) is 17.4. The molecule has 0 saturated heterocycles. The molecule has 0 heterocycles. The highest BCUT2D eigenvalue weighted by atomic mass is 35.5. The van der Waals surface area contributed by atoms with Gasteiger partial charge in [0, 0.05) is 23.7 Å². The van der Waals surface area contributed by atoms with E-state index in [0.717, 1.165) is 31.4 Å². The fourth-order valence-corrected chi connectivity index (χ4v) is 1.94. The maximum Gasteiger partial charge on any atom is 0.134 e. The van der Waals surface area contributed by atoms with Gasteiger partial charge in [0.1, 0.15) is 17.4 Å². The van der Waals surface area contributed by atoms with Gasteiger partial charge in [0.2, 0.25) is 0 Å². The van der Waals surface area contributed by atoms with Crippen LogP contribution in [-0.4, -0.2) is 5.11 Å². The molecule has 5 heteroatoms. The molecule has 3 N–H and O–H groups in total. The molecule has 0 bridgehead atoms. The minimum Gasteiger partial charge on any atom is -0.507 e. The summed E-state index contributed by atoms with van der Waals surface area (Å²) in [6, 6.07) is 1.13. The van der Waals surface area contributed by atoms with Crippen molar-refractivity contribution in [2.75, 3.05) is 0 Å². The third-order valence-corrected chi connectivity index (χ3v) is 3.06. The van der Waals surface area contributed by atoms with E-state index in [0.29, 0.717) is 0 Å². The van der Waals surface area contributed by atoms with Gasteiger partial charge in [0.15, 0.2) is 0 Å². The zero-order chi connectivity index (χ0) is 11.0. The standard InChI is InChI=1S/C11H13F2NO.ClH/c12-7-4-8(13)10(9(15)5-7)11(14)6-2-1-3-6;/h4-6,11,15H,1-3,14H2;1H/t11-;/m1./s1. The Morgan fingerprint density at radius 2 is 1.94 bits per heavy atom. The lowest BCUT2D eigenvalue weighted by Gasteiger charge is -2.31. The quantitative estimate of drug-likeness (QED) is 0.847. The number of phenolic OH excluding ortho intramolecular Hbond substituents is 1. The van der Waals surface area contributed by atoms with E-state index in [9.17, 15) is 13.9 Å². The Hall–Kier alpha value is -0.870. The largest absolute Gasteiger partial charge is 0.507 e. The van der Waals surface area contributed by atoms with E-state index in [1.54, 1.807) is 0 Å². The van der Waals surface area contributed by atoms with Gasteiger partial charge in [-0.05, 0) is 18.8 Å². The molecule has 0 unspecified atom stereocenters. The second-order valence-electron chi connectivity index (χ2n) is 4.04. The van der Waals surface area contributed by atoms with Gasteiger partial charge < -0.3 is 10.8 Å². The Bertz CT molecular complexity index is 359. The van der Waals surface area contributed by atoms with Crippen LogP contribution in [-0.2, 0) is 0 Å². The number of benzene rings is 1. The molecule has 1 fully saturated rings. The van der Waals surface area contributed by atoms with E-state index in [1.807, 2.05) is 0 Å². The van der Waals surface area contributed by atoms with E-state index in [1.165, 1.54) is 0 Å². The second kappa shape index (κ2) is 4.97. The van der Waals surface area contributed by atoms with Gasteiger partial charge in [0.05, 0.1) is 0 Å². The molecular formula is C11H14ClF2NO. The van der Waals surface area contributed by atoms with Crippen molar-refractivity contribution in [2.24, 2.45) is 11.7 Å². The molecule has 2 rings (SSSR count). The van der Waals surface area contributed by atoms with Crippen LogP contribution in [0.2, 0.25) is 0 Å². The van der Waals surface area contributed by atoms with Crippen molar-refractivity contribution in [2.45, 2.75) is 25.3 Å². The summed E-state index contributed by atoms with van der Waals surface area (Å²) in [5, 5.41) is 9.45. The van der Waals surface area contributed by atoms with Crippen LogP contribution in [0.5, 0.6) is 5.75 Å². The van der Waals surface area contributed by atoms with Crippen LogP contribution in [0.15, 0.2) is 12.1 Å². The van der Waals surface area contributed by atoms with Crippen LogP contribution < -0.4 is 5.73 Å². The first kappa shape index (κ1) is 13.2. The summed E-state index contributed by atoms with van der Waals surface area (Å²) in [7, 11) is 0. The van der Waals surface area contributed by atoms with Crippen LogP contribution in [0.25, 0.3) is 0 Å². The van der Waals surface area contributed by atoms with E-state index in [2.05, 4.69) is 0 Å². The average Bonchev–Trinajstić information content (AvgIpc) is 1.97. The predicted octanol–water partition coefficient (Wildman–Crippen LogP) is 2.89. The topological polar surface area (TPSA) is 46.2 Å². The molecule has 1 aromatic rings. The highest BCUT2D eigenvalue weighted by Crippen LogP contribution is 2.40. The van der Waals surface area contributed by atoms with E-state index in [4.69, 9.17) is 5.73 Å². The summed E-state index contributed by atoms with van der Waals surface area (Å²) in [6.07, 6.45) is 2.97. The molecular weight excluding hydrogens is 236 g/mol. The Morgan fingerprint density at radius 1 is 1.31 bits per heavy atom. The number of halogens is 3. The van der Waals surface area contributed by atoms with Crippen molar-refractivity contribution in [1.82, 2.24) is 0 Å². The number of aromatic hydroxyl groups is 1. The highest BCUT2D eigenvalue weighted by molar-refractivity contribution is 5.85. The Morgan fingerprint density at radius 3 is 2.38 bits per heavy atom. The summed E-state index contributed by atoms with van der Waals surface area (Å²) in [5.41, 5.74) is 5.87. The van der Waals surface area contributed by atoms with E-state index < -0.39 is 17.7 Å². The van der Waals surface area contributed by atoms with Crippen LogP contribution in [0.3, 0.4) is 0 Å². The SMILES string of the molecule is Cl.N[C@@H](c1c(O)cc(F)cc1F)C1CCC1. The molecule has 1 atom stereocenters. The lowest BCUT2D eigenvalue weighted by molar-refractivity contribution is 0.255. The van der Waals surface area contributed by atoms with Crippen LogP contribution in [0, 0.1) is 17.6 Å². The number of rotatable bonds is 2. The summed E-state index contributed by atoms with van der Waals surface area (Å²) in [4.78, 5) is 0. The third-order valence-electron chi connectivity index (χ3n) is 3.06. The van der Waals surface area contributed by atoms with Crippen molar-refractivity contribution in [1.29, 1.82) is 0 Å². The van der Waals surface area contributed by atoms with Crippen molar-refractivity contribution in [3.05, 3.63) is 29.3 Å². The van der Waals surface area contributed by atoms with Crippen LogP contribution in [0.1, 0.15) is 30.9 Å². The second-order valence-corrected chi connectivity index (χ2v) is 4.04. The van der Waals surface area contributed by atoms with Crippen LogP contribution >= 0.6 is 12.4 Å². The molecule has 90 valence electrons. The molecule has 1 aliphatic carbocycles. The maximum absolute atomic E-state index is 13.4. The molecule has 1 saturated carbocycles. The maximum atomic E-state index is 13.4. The number of hydrogen-bond donors (Lipinski definition) is 2. The first-order valence-corrected chi connectivity index (χ1v) is 5.03. The first-order valence-electron chi connectivity index (χ1n) is 5.03.